The monoisotopic (exact) mass is 395 g/mol. The minimum absolute atomic E-state index is 0.00286. The van der Waals surface area contributed by atoms with Crippen molar-refractivity contribution in [2.75, 3.05) is 18.9 Å². The van der Waals surface area contributed by atoms with Crippen molar-refractivity contribution in [3.63, 3.8) is 0 Å². The van der Waals surface area contributed by atoms with Gasteiger partial charge in [0.15, 0.2) is 0 Å². The van der Waals surface area contributed by atoms with Crippen LogP contribution >= 0.6 is 11.6 Å². The summed E-state index contributed by atoms with van der Waals surface area (Å²) >= 11 is 6.01. The lowest BCUT2D eigenvalue weighted by atomic mass is 10.2. The van der Waals surface area contributed by atoms with Gasteiger partial charge in [0.1, 0.15) is 23.5 Å². The molecule has 0 radical (unpaired) electrons. The van der Waals surface area contributed by atoms with Crippen LogP contribution in [-0.2, 0) is 10.0 Å². The lowest BCUT2D eigenvalue weighted by Gasteiger charge is -2.13. The van der Waals surface area contributed by atoms with Crippen LogP contribution < -0.4 is 14.2 Å². The summed E-state index contributed by atoms with van der Waals surface area (Å²) in [6.45, 7) is 0. The molecule has 136 valence electrons. The van der Waals surface area contributed by atoms with Gasteiger partial charge in [-0.1, -0.05) is 11.6 Å². The number of benzene rings is 2. The van der Waals surface area contributed by atoms with E-state index in [1.165, 1.54) is 43.4 Å². The van der Waals surface area contributed by atoms with Gasteiger partial charge in [-0.3, -0.25) is 4.72 Å². The fourth-order valence-electron chi connectivity index (χ4n) is 2.23. The molecule has 3 aromatic rings. The first-order valence-electron chi connectivity index (χ1n) is 7.22. The van der Waals surface area contributed by atoms with E-state index in [0.717, 1.165) is 0 Å². The lowest BCUT2D eigenvalue weighted by molar-refractivity contribution is 0.411. The standard InChI is InChI=1S/C15H14ClN5O4S/c1-24-14-6-4-11(8-12(14)16)26(22,23)18-10-3-5-15(25-2)13(7-10)21-9-17-19-20-21/h3-9,18H,1-2H3. The average molecular weight is 396 g/mol. The quantitative estimate of drug-likeness (QED) is 0.681. The summed E-state index contributed by atoms with van der Waals surface area (Å²) in [4.78, 5) is 0.00286. The molecule has 3 rings (SSSR count). The van der Waals surface area contributed by atoms with E-state index < -0.39 is 10.0 Å². The molecule has 0 fully saturated rings. The number of methoxy groups -OCH3 is 2. The molecule has 0 saturated carbocycles. The van der Waals surface area contributed by atoms with E-state index in [-0.39, 0.29) is 9.92 Å². The number of sulfonamides is 1. The van der Waals surface area contributed by atoms with Crippen LogP contribution in [0.1, 0.15) is 0 Å². The van der Waals surface area contributed by atoms with Gasteiger partial charge in [0.05, 0.1) is 29.8 Å². The van der Waals surface area contributed by atoms with Gasteiger partial charge in [-0.25, -0.2) is 8.42 Å². The number of rotatable bonds is 6. The molecular weight excluding hydrogens is 382 g/mol. The zero-order valence-corrected chi connectivity index (χ0v) is 15.3. The summed E-state index contributed by atoms with van der Waals surface area (Å²) < 4.78 is 39.4. The van der Waals surface area contributed by atoms with Gasteiger partial charge in [0.25, 0.3) is 10.0 Å². The molecule has 1 heterocycles. The maximum Gasteiger partial charge on any atom is 0.261 e. The van der Waals surface area contributed by atoms with Gasteiger partial charge in [-0.05, 0) is 46.8 Å². The minimum atomic E-state index is -3.86. The zero-order valence-electron chi connectivity index (χ0n) is 13.7. The van der Waals surface area contributed by atoms with Crippen LogP contribution in [-0.4, -0.2) is 42.8 Å². The molecular formula is C15H14ClN5O4S. The number of ether oxygens (including phenoxy) is 2. The maximum absolute atomic E-state index is 12.6. The van der Waals surface area contributed by atoms with Gasteiger partial charge in [-0.15, -0.1) is 5.10 Å². The molecule has 0 spiro atoms. The Morgan fingerprint density at radius 1 is 1.08 bits per heavy atom. The molecule has 11 heteroatoms. The zero-order chi connectivity index (χ0) is 18.7. The van der Waals surface area contributed by atoms with Crippen molar-refractivity contribution in [1.82, 2.24) is 20.2 Å². The SMILES string of the molecule is COc1ccc(S(=O)(=O)Nc2ccc(OC)c(-n3cnnn3)c2)cc1Cl. The van der Waals surface area contributed by atoms with E-state index in [1.807, 2.05) is 0 Å². The Bertz CT molecular complexity index is 1020. The van der Waals surface area contributed by atoms with Crippen molar-refractivity contribution in [1.29, 1.82) is 0 Å². The molecule has 0 atom stereocenters. The summed E-state index contributed by atoms with van der Waals surface area (Å²) in [7, 11) is -0.915. The van der Waals surface area contributed by atoms with E-state index in [0.29, 0.717) is 22.9 Å². The van der Waals surface area contributed by atoms with Gasteiger partial charge in [0, 0.05) is 0 Å². The number of nitrogens with zero attached hydrogens (tertiary/aromatic N) is 4. The fourth-order valence-corrected chi connectivity index (χ4v) is 3.63. The highest BCUT2D eigenvalue weighted by molar-refractivity contribution is 7.92. The van der Waals surface area contributed by atoms with Crippen LogP contribution in [0.4, 0.5) is 5.69 Å². The summed E-state index contributed by atoms with van der Waals surface area (Å²) in [6.07, 6.45) is 1.37. The second-order valence-corrected chi connectivity index (χ2v) is 7.13. The molecule has 0 bridgehead atoms. The number of hydrogen-bond acceptors (Lipinski definition) is 7. The van der Waals surface area contributed by atoms with Crippen molar-refractivity contribution in [3.05, 3.63) is 47.7 Å². The van der Waals surface area contributed by atoms with Crippen LogP contribution in [0, 0.1) is 0 Å². The van der Waals surface area contributed by atoms with E-state index >= 15 is 0 Å². The number of halogens is 1. The van der Waals surface area contributed by atoms with Crippen LogP contribution in [0.5, 0.6) is 11.5 Å². The molecule has 0 aliphatic heterocycles. The van der Waals surface area contributed by atoms with Crippen LogP contribution in [0.15, 0.2) is 47.6 Å². The molecule has 1 N–H and O–H groups in total. The van der Waals surface area contributed by atoms with Crippen LogP contribution in [0.25, 0.3) is 5.69 Å². The van der Waals surface area contributed by atoms with Crippen molar-refractivity contribution in [2.24, 2.45) is 0 Å². The molecule has 0 amide bonds. The van der Waals surface area contributed by atoms with Gasteiger partial charge >= 0.3 is 0 Å². The Labute approximate surface area is 154 Å². The van der Waals surface area contributed by atoms with E-state index in [2.05, 4.69) is 20.2 Å². The van der Waals surface area contributed by atoms with Crippen molar-refractivity contribution in [2.45, 2.75) is 4.90 Å². The normalized spacial score (nSPS) is 11.2. The van der Waals surface area contributed by atoms with E-state index in [1.54, 1.807) is 18.2 Å². The number of aromatic nitrogens is 4. The number of hydrogen-bond donors (Lipinski definition) is 1. The molecule has 9 nitrogen and oxygen atoms in total. The minimum Gasteiger partial charge on any atom is -0.495 e. The number of anilines is 1. The smallest absolute Gasteiger partial charge is 0.261 e. The van der Waals surface area contributed by atoms with Crippen molar-refractivity contribution in [3.8, 4) is 17.2 Å². The third kappa shape index (κ3) is 3.55. The molecule has 0 aliphatic rings. The topological polar surface area (TPSA) is 108 Å². The summed E-state index contributed by atoms with van der Waals surface area (Å²) in [5.74, 6) is 0.865. The van der Waals surface area contributed by atoms with Gasteiger partial charge < -0.3 is 9.47 Å². The molecule has 0 aliphatic carbocycles. The third-order valence-corrected chi connectivity index (χ3v) is 5.13. The number of nitrogens with one attached hydrogen (secondary N) is 1. The second-order valence-electron chi connectivity index (χ2n) is 5.04. The second kappa shape index (κ2) is 7.18. The first kappa shape index (κ1) is 18.0. The largest absolute Gasteiger partial charge is 0.495 e. The summed E-state index contributed by atoms with van der Waals surface area (Å²) in [5.41, 5.74) is 0.786. The highest BCUT2D eigenvalue weighted by Crippen LogP contribution is 2.30. The lowest BCUT2D eigenvalue weighted by Crippen LogP contribution is -2.13. The van der Waals surface area contributed by atoms with E-state index in [9.17, 15) is 8.42 Å². The summed E-state index contributed by atoms with van der Waals surface area (Å²) in [5, 5.41) is 11.1. The van der Waals surface area contributed by atoms with Crippen LogP contribution in [0.3, 0.4) is 0 Å². The third-order valence-electron chi connectivity index (χ3n) is 3.46. The van der Waals surface area contributed by atoms with Gasteiger partial charge in [0.2, 0.25) is 0 Å². The first-order valence-corrected chi connectivity index (χ1v) is 9.08. The van der Waals surface area contributed by atoms with Crippen molar-refractivity contribution >= 4 is 27.3 Å². The van der Waals surface area contributed by atoms with Crippen LogP contribution in [0.2, 0.25) is 5.02 Å². The first-order chi connectivity index (χ1) is 12.4. The molecule has 0 saturated heterocycles. The highest BCUT2D eigenvalue weighted by atomic mass is 35.5. The molecule has 2 aromatic carbocycles. The van der Waals surface area contributed by atoms with Crippen molar-refractivity contribution < 1.29 is 17.9 Å². The summed E-state index contributed by atoms with van der Waals surface area (Å²) in [6, 6.07) is 8.92. The van der Waals surface area contributed by atoms with E-state index in [4.69, 9.17) is 21.1 Å². The Balaban J connectivity index is 1.95. The molecule has 1 aromatic heterocycles. The Morgan fingerprint density at radius 2 is 1.81 bits per heavy atom. The highest BCUT2D eigenvalue weighted by Gasteiger charge is 2.18. The predicted molar refractivity (Wildman–Crippen MR) is 94.5 cm³/mol. The fraction of sp³-hybridized carbons (Fsp3) is 0.133. The Kier molecular flexibility index (Phi) is 4.96. The Hall–Kier alpha value is -2.85. The maximum atomic E-state index is 12.6. The molecule has 0 unspecified atom stereocenters. The van der Waals surface area contributed by atoms with Gasteiger partial charge in [-0.2, -0.15) is 4.68 Å². The molecule has 26 heavy (non-hydrogen) atoms. The average Bonchev–Trinajstić information content (AvgIpc) is 3.15. The predicted octanol–water partition coefficient (Wildman–Crippen LogP) is 2.13. The number of tetrazole rings is 1. The Morgan fingerprint density at radius 3 is 2.42 bits per heavy atom.